The number of hydrogen-bond acceptors (Lipinski definition) is 2. The zero-order valence-corrected chi connectivity index (χ0v) is 10.6. The molecule has 7 heteroatoms. The first kappa shape index (κ1) is 13.2. The Bertz CT molecular complexity index is 498. The van der Waals surface area contributed by atoms with Crippen molar-refractivity contribution in [2.24, 2.45) is 0 Å². The van der Waals surface area contributed by atoms with Gasteiger partial charge in [0, 0.05) is 4.47 Å². The highest BCUT2D eigenvalue weighted by atomic mass is 79.9. The molecule has 2 rings (SSSR count). The summed E-state index contributed by atoms with van der Waals surface area (Å²) in [6.45, 7) is 0. The molecule has 0 atom stereocenters. The molecule has 0 aliphatic heterocycles. The van der Waals surface area contributed by atoms with Gasteiger partial charge in [0.15, 0.2) is 0 Å². The molecular weight excluding hydrogens is 315 g/mol. The second-order valence-electron chi connectivity index (χ2n) is 4.17. The van der Waals surface area contributed by atoms with Gasteiger partial charge in [-0.1, -0.05) is 6.07 Å². The van der Waals surface area contributed by atoms with Crippen molar-refractivity contribution in [2.45, 2.75) is 24.6 Å². The molecule has 1 aliphatic rings. The quantitative estimate of drug-likeness (QED) is 0.892. The van der Waals surface area contributed by atoms with Gasteiger partial charge in [-0.2, -0.15) is 13.2 Å². The Morgan fingerprint density at radius 3 is 2.44 bits per heavy atom. The molecule has 3 nitrogen and oxygen atoms in total. The summed E-state index contributed by atoms with van der Waals surface area (Å²) < 4.78 is 38.6. The number of rotatable bonds is 3. The molecule has 98 valence electrons. The standard InChI is InChI=1S/C11H9BrF3NO2/c12-6-2-1-3-7(8(6)9(17)18)16-10(4-5-10)11(13,14)15/h1-3,16H,4-5H2,(H,17,18). The number of anilines is 1. The maximum atomic E-state index is 12.8. The number of halogens is 4. The molecule has 2 N–H and O–H groups in total. The number of hydrogen-bond donors (Lipinski definition) is 2. The fourth-order valence-electron chi connectivity index (χ4n) is 1.71. The van der Waals surface area contributed by atoms with Crippen LogP contribution in [0.1, 0.15) is 23.2 Å². The number of carbonyl (C=O) groups is 1. The molecule has 0 bridgehead atoms. The van der Waals surface area contributed by atoms with E-state index in [2.05, 4.69) is 21.2 Å². The van der Waals surface area contributed by atoms with E-state index in [1.165, 1.54) is 18.2 Å². The highest BCUT2D eigenvalue weighted by Gasteiger charge is 2.63. The first-order chi connectivity index (χ1) is 8.27. The summed E-state index contributed by atoms with van der Waals surface area (Å²) in [4.78, 5) is 11.0. The summed E-state index contributed by atoms with van der Waals surface area (Å²) in [7, 11) is 0. The minimum atomic E-state index is -4.38. The molecule has 1 saturated carbocycles. The molecule has 0 heterocycles. The molecule has 0 aromatic heterocycles. The molecule has 0 unspecified atom stereocenters. The van der Waals surface area contributed by atoms with Crippen molar-refractivity contribution in [2.75, 3.05) is 5.32 Å². The Morgan fingerprint density at radius 1 is 1.39 bits per heavy atom. The summed E-state index contributed by atoms with van der Waals surface area (Å²) in [5.74, 6) is -1.28. The maximum absolute atomic E-state index is 12.8. The van der Waals surface area contributed by atoms with Gasteiger partial charge in [-0.25, -0.2) is 4.79 Å². The lowest BCUT2D eigenvalue weighted by Crippen LogP contribution is -2.39. The molecule has 1 aromatic rings. The average Bonchev–Trinajstić information content (AvgIpc) is 2.97. The summed E-state index contributed by atoms with van der Waals surface area (Å²) in [5.41, 5.74) is -2.18. The van der Waals surface area contributed by atoms with Crippen LogP contribution >= 0.6 is 15.9 Å². The van der Waals surface area contributed by atoms with Crippen molar-refractivity contribution < 1.29 is 23.1 Å². The molecule has 0 saturated heterocycles. The van der Waals surface area contributed by atoms with Crippen LogP contribution in [-0.4, -0.2) is 22.8 Å². The summed E-state index contributed by atoms with van der Waals surface area (Å²) in [6, 6.07) is 4.30. The topological polar surface area (TPSA) is 49.3 Å². The van der Waals surface area contributed by atoms with Crippen molar-refractivity contribution in [3.05, 3.63) is 28.2 Å². The first-order valence-corrected chi connectivity index (χ1v) is 5.93. The Morgan fingerprint density at radius 2 is 2.00 bits per heavy atom. The van der Waals surface area contributed by atoms with Gasteiger partial charge in [0.2, 0.25) is 0 Å². The third-order valence-electron chi connectivity index (χ3n) is 2.89. The van der Waals surface area contributed by atoms with Crippen molar-refractivity contribution in [1.29, 1.82) is 0 Å². The molecule has 1 fully saturated rings. The van der Waals surface area contributed by atoms with E-state index >= 15 is 0 Å². The van der Waals surface area contributed by atoms with Gasteiger partial charge in [-0.3, -0.25) is 0 Å². The van der Waals surface area contributed by atoms with Crippen LogP contribution in [0.3, 0.4) is 0 Å². The predicted octanol–water partition coefficient (Wildman–Crippen LogP) is 3.65. The largest absolute Gasteiger partial charge is 0.478 e. The highest BCUT2D eigenvalue weighted by molar-refractivity contribution is 9.10. The normalized spacial score (nSPS) is 17.3. The zero-order valence-electron chi connectivity index (χ0n) is 9.01. The fraction of sp³-hybridized carbons (Fsp3) is 0.364. The Hall–Kier alpha value is -1.24. The van der Waals surface area contributed by atoms with Crippen molar-refractivity contribution in [1.82, 2.24) is 0 Å². The van der Waals surface area contributed by atoms with Crippen LogP contribution in [0.25, 0.3) is 0 Å². The Kier molecular flexibility index (Phi) is 3.04. The molecule has 1 aromatic carbocycles. The zero-order chi connectivity index (χ0) is 13.6. The number of benzene rings is 1. The highest BCUT2D eigenvalue weighted by Crippen LogP contribution is 2.51. The lowest BCUT2D eigenvalue weighted by molar-refractivity contribution is -0.151. The SMILES string of the molecule is O=C(O)c1c(Br)cccc1NC1(C(F)(F)F)CC1. The van der Waals surface area contributed by atoms with Crippen molar-refractivity contribution in [3.8, 4) is 0 Å². The fourth-order valence-corrected chi connectivity index (χ4v) is 2.24. The van der Waals surface area contributed by atoms with Crippen LogP contribution in [0.15, 0.2) is 22.7 Å². The summed E-state index contributed by atoms with van der Waals surface area (Å²) in [5, 5.41) is 11.3. The second-order valence-corrected chi connectivity index (χ2v) is 5.03. The molecule has 0 radical (unpaired) electrons. The Balaban J connectivity index is 2.36. The van der Waals surface area contributed by atoms with E-state index in [1.807, 2.05) is 0 Å². The van der Waals surface area contributed by atoms with Crippen LogP contribution in [-0.2, 0) is 0 Å². The average molecular weight is 324 g/mol. The number of carboxylic acids is 1. The van der Waals surface area contributed by atoms with Gasteiger partial charge < -0.3 is 10.4 Å². The molecule has 18 heavy (non-hydrogen) atoms. The molecule has 0 amide bonds. The molecular formula is C11H9BrF3NO2. The smallest absolute Gasteiger partial charge is 0.411 e. The molecule has 0 spiro atoms. The number of nitrogens with one attached hydrogen (secondary N) is 1. The number of alkyl halides is 3. The lowest BCUT2D eigenvalue weighted by Gasteiger charge is -2.23. The minimum absolute atomic E-state index is 0.0216. The lowest BCUT2D eigenvalue weighted by atomic mass is 10.1. The van der Waals surface area contributed by atoms with Crippen molar-refractivity contribution >= 4 is 27.6 Å². The van der Waals surface area contributed by atoms with E-state index in [0.717, 1.165) is 0 Å². The van der Waals surface area contributed by atoms with Gasteiger partial charge in [0.05, 0.1) is 11.3 Å². The first-order valence-electron chi connectivity index (χ1n) is 5.13. The van der Waals surface area contributed by atoms with Crippen LogP contribution in [0, 0.1) is 0 Å². The van der Waals surface area contributed by atoms with E-state index in [0.29, 0.717) is 0 Å². The van der Waals surface area contributed by atoms with Crippen LogP contribution in [0.4, 0.5) is 18.9 Å². The van der Waals surface area contributed by atoms with Crippen LogP contribution < -0.4 is 5.32 Å². The van der Waals surface area contributed by atoms with Gasteiger partial charge in [-0.15, -0.1) is 0 Å². The second kappa shape index (κ2) is 4.15. The van der Waals surface area contributed by atoms with Crippen LogP contribution in [0.5, 0.6) is 0 Å². The van der Waals surface area contributed by atoms with Gasteiger partial charge in [-0.05, 0) is 40.9 Å². The van der Waals surface area contributed by atoms with Gasteiger partial charge in [0.1, 0.15) is 5.54 Å². The summed E-state index contributed by atoms with van der Waals surface area (Å²) in [6.07, 6.45) is -4.46. The van der Waals surface area contributed by atoms with Gasteiger partial charge in [0.25, 0.3) is 0 Å². The van der Waals surface area contributed by atoms with Crippen molar-refractivity contribution in [3.63, 3.8) is 0 Å². The number of aromatic carboxylic acids is 1. The summed E-state index contributed by atoms with van der Waals surface area (Å²) >= 11 is 3.02. The number of carboxylic acid groups (broad SMARTS) is 1. The third-order valence-corrected chi connectivity index (χ3v) is 3.55. The van der Waals surface area contributed by atoms with E-state index in [9.17, 15) is 18.0 Å². The predicted molar refractivity (Wildman–Crippen MR) is 62.7 cm³/mol. The van der Waals surface area contributed by atoms with Gasteiger partial charge >= 0.3 is 12.1 Å². The van der Waals surface area contributed by atoms with E-state index in [4.69, 9.17) is 5.11 Å². The minimum Gasteiger partial charge on any atom is -0.478 e. The third kappa shape index (κ3) is 2.19. The van der Waals surface area contributed by atoms with E-state index < -0.39 is 17.7 Å². The molecule has 1 aliphatic carbocycles. The van der Waals surface area contributed by atoms with Crippen LogP contribution in [0.2, 0.25) is 0 Å². The Labute approximate surface area is 109 Å². The monoisotopic (exact) mass is 323 g/mol. The van der Waals surface area contributed by atoms with E-state index in [1.54, 1.807) is 0 Å². The maximum Gasteiger partial charge on any atom is 0.411 e. The van der Waals surface area contributed by atoms with E-state index in [-0.39, 0.29) is 28.6 Å².